The Kier molecular flexibility index (Phi) is 4.30. The Balaban J connectivity index is 1.61. The van der Waals surface area contributed by atoms with Crippen molar-refractivity contribution in [3.05, 3.63) is 81.4 Å². The Morgan fingerprint density at radius 2 is 1.92 bits per heavy atom. The lowest BCUT2D eigenvalue weighted by atomic mass is 10.1. The molecule has 1 aliphatic rings. The minimum absolute atomic E-state index is 0.0189. The zero-order chi connectivity index (χ0) is 18.1. The first-order chi connectivity index (χ1) is 12.6. The van der Waals surface area contributed by atoms with Gasteiger partial charge in [-0.3, -0.25) is 14.7 Å². The minimum atomic E-state index is -0.576. The topological polar surface area (TPSA) is 61.9 Å². The molecule has 3 heterocycles. The van der Waals surface area contributed by atoms with Gasteiger partial charge in [0, 0.05) is 37.8 Å². The predicted molar refractivity (Wildman–Crippen MR) is 92.3 cm³/mol. The second kappa shape index (κ2) is 6.76. The highest BCUT2D eigenvalue weighted by Gasteiger charge is 2.23. The average Bonchev–Trinajstić information content (AvgIpc) is 2.66. The number of pyridine rings is 1. The molecule has 0 saturated carbocycles. The molecule has 4 rings (SSSR count). The smallest absolute Gasteiger partial charge is 0.255 e. The Hall–Kier alpha value is -2.93. The molecule has 0 amide bonds. The maximum Gasteiger partial charge on any atom is 0.255 e. The summed E-state index contributed by atoms with van der Waals surface area (Å²) in [5, 5.41) is 0. The monoisotopic (exact) mass is 354 g/mol. The number of rotatable bonds is 3. The summed E-state index contributed by atoms with van der Waals surface area (Å²) in [5.41, 5.74) is 1.62. The van der Waals surface area contributed by atoms with E-state index in [1.807, 2.05) is 11.0 Å². The van der Waals surface area contributed by atoms with E-state index in [0.717, 1.165) is 0 Å². The summed E-state index contributed by atoms with van der Waals surface area (Å²) in [4.78, 5) is 25.8. The number of H-pyrrole nitrogens is 1. The standard InChI is InChI=1S/C19H16F2N4O/c20-14-4-3-5-15(21)12(14)10-25-9-7-16-13(11-25)19(26)24-18(23-16)17-6-1-2-8-22-17/h1-6,8H,7,9-11H2,(H,23,24,26). The molecule has 0 aliphatic carbocycles. The quantitative estimate of drug-likeness (QED) is 0.786. The third-order valence-electron chi connectivity index (χ3n) is 4.50. The largest absolute Gasteiger partial charge is 0.305 e. The SMILES string of the molecule is O=c1[nH]c(-c2ccccn2)nc2c1CN(Cc1c(F)cccc1F)CC2. The number of aromatic nitrogens is 3. The van der Waals surface area contributed by atoms with E-state index in [1.54, 1.807) is 18.3 Å². The number of aromatic amines is 1. The first-order valence-corrected chi connectivity index (χ1v) is 8.30. The van der Waals surface area contributed by atoms with Gasteiger partial charge in [0.05, 0.1) is 11.3 Å². The van der Waals surface area contributed by atoms with Gasteiger partial charge in [-0.1, -0.05) is 12.1 Å². The van der Waals surface area contributed by atoms with Crippen LogP contribution in [-0.4, -0.2) is 26.4 Å². The van der Waals surface area contributed by atoms with Gasteiger partial charge in [-0.15, -0.1) is 0 Å². The van der Waals surface area contributed by atoms with Crippen LogP contribution in [0.2, 0.25) is 0 Å². The summed E-state index contributed by atoms with van der Waals surface area (Å²) in [5.74, 6) is -0.718. The van der Waals surface area contributed by atoms with Crippen molar-refractivity contribution >= 4 is 0 Å². The highest BCUT2D eigenvalue weighted by atomic mass is 19.1. The molecule has 0 unspecified atom stereocenters. The van der Waals surface area contributed by atoms with Crippen molar-refractivity contribution in [3.63, 3.8) is 0 Å². The molecule has 0 fully saturated rings. The van der Waals surface area contributed by atoms with Crippen LogP contribution in [0, 0.1) is 11.6 Å². The van der Waals surface area contributed by atoms with Gasteiger partial charge < -0.3 is 4.98 Å². The van der Waals surface area contributed by atoms with Gasteiger partial charge in [-0.2, -0.15) is 0 Å². The molecule has 7 heteroatoms. The van der Waals surface area contributed by atoms with Crippen LogP contribution in [-0.2, 0) is 19.5 Å². The average molecular weight is 354 g/mol. The molecule has 1 aliphatic heterocycles. The number of benzene rings is 1. The number of hydrogen-bond donors (Lipinski definition) is 1. The van der Waals surface area contributed by atoms with E-state index in [1.165, 1.54) is 18.2 Å². The molecule has 5 nitrogen and oxygen atoms in total. The van der Waals surface area contributed by atoms with E-state index in [4.69, 9.17) is 0 Å². The number of fused-ring (bicyclic) bond motifs is 1. The lowest BCUT2D eigenvalue weighted by molar-refractivity contribution is 0.235. The van der Waals surface area contributed by atoms with Crippen molar-refractivity contribution < 1.29 is 8.78 Å². The van der Waals surface area contributed by atoms with E-state index < -0.39 is 11.6 Å². The Labute approximate surface area is 148 Å². The first kappa shape index (κ1) is 16.5. The normalized spacial score (nSPS) is 14.2. The number of hydrogen-bond acceptors (Lipinski definition) is 4. The molecule has 0 bridgehead atoms. The fourth-order valence-corrected chi connectivity index (χ4v) is 3.15. The molecule has 1 aromatic carbocycles. The van der Waals surface area contributed by atoms with Crippen molar-refractivity contribution in [3.8, 4) is 11.5 Å². The van der Waals surface area contributed by atoms with Gasteiger partial charge >= 0.3 is 0 Å². The minimum Gasteiger partial charge on any atom is -0.305 e. The molecular weight excluding hydrogens is 338 g/mol. The molecule has 1 N–H and O–H groups in total. The highest BCUT2D eigenvalue weighted by molar-refractivity contribution is 5.49. The van der Waals surface area contributed by atoms with Crippen molar-refractivity contribution in [2.45, 2.75) is 19.5 Å². The van der Waals surface area contributed by atoms with Crippen LogP contribution in [0.15, 0.2) is 47.4 Å². The zero-order valence-electron chi connectivity index (χ0n) is 13.9. The van der Waals surface area contributed by atoms with Gasteiger partial charge in [-0.05, 0) is 24.3 Å². The molecule has 0 radical (unpaired) electrons. The van der Waals surface area contributed by atoms with Gasteiger partial charge in [0.15, 0.2) is 5.82 Å². The van der Waals surface area contributed by atoms with Crippen LogP contribution < -0.4 is 5.56 Å². The van der Waals surface area contributed by atoms with Crippen LogP contribution in [0.1, 0.15) is 16.8 Å². The Bertz CT molecular complexity index is 984. The summed E-state index contributed by atoms with van der Waals surface area (Å²) in [6.07, 6.45) is 2.18. The molecule has 26 heavy (non-hydrogen) atoms. The van der Waals surface area contributed by atoms with Gasteiger partial charge in [-0.25, -0.2) is 13.8 Å². The second-order valence-electron chi connectivity index (χ2n) is 6.22. The molecular formula is C19H16F2N4O. The third-order valence-corrected chi connectivity index (χ3v) is 4.50. The summed E-state index contributed by atoms with van der Waals surface area (Å²) < 4.78 is 27.7. The van der Waals surface area contributed by atoms with Crippen LogP contribution in [0.5, 0.6) is 0 Å². The fourth-order valence-electron chi connectivity index (χ4n) is 3.15. The van der Waals surface area contributed by atoms with Crippen molar-refractivity contribution in [1.82, 2.24) is 19.9 Å². The lowest BCUT2D eigenvalue weighted by Gasteiger charge is -2.27. The highest BCUT2D eigenvalue weighted by Crippen LogP contribution is 2.21. The summed E-state index contributed by atoms with van der Waals surface area (Å²) in [7, 11) is 0. The van der Waals surface area contributed by atoms with E-state index in [0.29, 0.717) is 42.3 Å². The maximum absolute atomic E-state index is 13.9. The van der Waals surface area contributed by atoms with Gasteiger partial charge in [0.1, 0.15) is 17.3 Å². The summed E-state index contributed by atoms with van der Waals surface area (Å²) in [6.45, 7) is 0.978. The van der Waals surface area contributed by atoms with E-state index >= 15 is 0 Å². The van der Waals surface area contributed by atoms with Crippen LogP contribution in [0.25, 0.3) is 11.5 Å². The van der Waals surface area contributed by atoms with E-state index in [2.05, 4.69) is 15.0 Å². The Morgan fingerprint density at radius 3 is 2.65 bits per heavy atom. The molecule has 2 aromatic heterocycles. The number of halogens is 2. The van der Waals surface area contributed by atoms with Crippen LogP contribution >= 0.6 is 0 Å². The van der Waals surface area contributed by atoms with Crippen molar-refractivity contribution in [2.24, 2.45) is 0 Å². The Morgan fingerprint density at radius 1 is 1.12 bits per heavy atom. The van der Waals surface area contributed by atoms with Gasteiger partial charge in [0.2, 0.25) is 0 Å². The predicted octanol–water partition coefficient (Wildman–Crippen LogP) is 2.67. The molecule has 0 saturated heterocycles. The maximum atomic E-state index is 13.9. The third kappa shape index (κ3) is 3.13. The van der Waals surface area contributed by atoms with E-state index in [9.17, 15) is 13.6 Å². The molecule has 3 aromatic rings. The molecule has 132 valence electrons. The number of nitrogens with one attached hydrogen (secondary N) is 1. The van der Waals surface area contributed by atoms with E-state index in [-0.39, 0.29) is 17.7 Å². The van der Waals surface area contributed by atoms with Crippen molar-refractivity contribution in [2.75, 3.05) is 6.54 Å². The zero-order valence-corrected chi connectivity index (χ0v) is 13.9. The second-order valence-corrected chi connectivity index (χ2v) is 6.22. The molecule has 0 spiro atoms. The number of nitrogens with zero attached hydrogens (tertiary/aromatic N) is 3. The fraction of sp³-hybridized carbons (Fsp3) is 0.211. The summed E-state index contributed by atoms with van der Waals surface area (Å²) in [6, 6.07) is 9.22. The first-order valence-electron chi connectivity index (χ1n) is 8.30. The van der Waals surface area contributed by atoms with Crippen LogP contribution in [0.3, 0.4) is 0 Å². The molecule has 0 atom stereocenters. The van der Waals surface area contributed by atoms with Gasteiger partial charge in [0.25, 0.3) is 5.56 Å². The van der Waals surface area contributed by atoms with Crippen LogP contribution in [0.4, 0.5) is 8.78 Å². The lowest BCUT2D eigenvalue weighted by Crippen LogP contribution is -2.35. The summed E-state index contributed by atoms with van der Waals surface area (Å²) >= 11 is 0. The van der Waals surface area contributed by atoms with Crippen molar-refractivity contribution in [1.29, 1.82) is 0 Å².